The molecule has 1 unspecified atom stereocenters. The van der Waals surface area contributed by atoms with Crippen LogP contribution in [0.25, 0.3) is 0 Å². The van der Waals surface area contributed by atoms with Gasteiger partial charge in [0.15, 0.2) is 0 Å². The summed E-state index contributed by atoms with van der Waals surface area (Å²) >= 11 is 0. The van der Waals surface area contributed by atoms with Crippen LogP contribution in [-0.2, 0) is 19.5 Å². The van der Waals surface area contributed by atoms with Gasteiger partial charge in [-0.1, -0.05) is 32.9 Å². The summed E-state index contributed by atoms with van der Waals surface area (Å²) in [5.41, 5.74) is 0.511. The number of nitrogens with zero attached hydrogens (tertiary/aromatic N) is 2. The number of nitrogens with one attached hydrogen (secondary N) is 1. The molecule has 2 bridgehead atoms. The summed E-state index contributed by atoms with van der Waals surface area (Å²) in [4.78, 5) is 26.8. The highest BCUT2D eigenvalue weighted by Gasteiger charge is 2.49. The highest BCUT2D eigenvalue weighted by atomic mass is 32.3. The molecule has 0 spiro atoms. The van der Waals surface area contributed by atoms with Crippen molar-refractivity contribution in [2.24, 2.45) is 0 Å². The Balaban J connectivity index is 1.76. The lowest BCUT2D eigenvalue weighted by atomic mass is 10.0. The average molecular weight is 472 g/mol. The summed E-state index contributed by atoms with van der Waals surface area (Å²) in [5.74, 6) is 0.173. The van der Waals surface area contributed by atoms with Gasteiger partial charge in [-0.2, -0.15) is 13.5 Å². The van der Waals surface area contributed by atoms with Gasteiger partial charge in [-0.15, -0.1) is 4.28 Å². The van der Waals surface area contributed by atoms with Crippen molar-refractivity contribution < 1.29 is 31.3 Å². The molecular weight excluding hydrogens is 442 g/mol. The smallest absolute Gasteiger partial charge is 0.418 e. The maximum atomic E-state index is 13.0. The van der Waals surface area contributed by atoms with Crippen LogP contribution >= 0.6 is 0 Å². The fourth-order valence-electron chi connectivity index (χ4n) is 3.41. The lowest BCUT2D eigenvalue weighted by Gasteiger charge is -2.37. The molecule has 3 rings (SSSR count). The van der Waals surface area contributed by atoms with Crippen molar-refractivity contribution in [3.63, 3.8) is 0 Å². The molecule has 12 heteroatoms. The first-order valence-electron chi connectivity index (χ1n) is 10.1. The number of fused-ring (bicyclic) bond motifs is 2. The van der Waals surface area contributed by atoms with Gasteiger partial charge in [0.2, 0.25) is 5.91 Å². The molecule has 0 aromatic heterocycles. The highest BCUT2D eigenvalue weighted by Crippen LogP contribution is 2.39. The summed E-state index contributed by atoms with van der Waals surface area (Å²) in [7, 11) is -6.98. The number of hydroxylamine groups is 2. The summed E-state index contributed by atoms with van der Waals surface area (Å²) in [6, 6.07) is 5.05. The number of benzene rings is 1. The van der Waals surface area contributed by atoms with Crippen LogP contribution < -0.4 is 9.74 Å². The van der Waals surface area contributed by atoms with Crippen LogP contribution in [0.4, 0.5) is 10.5 Å². The largest absolute Gasteiger partial charge is 0.542 e. The number of rotatable bonds is 6. The number of carbonyl (C=O) groups is 2. The zero-order valence-corrected chi connectivity index (χ0v) is 20.1. The molecule has 172 valence electrons. The van der Waals surface area contributed by atoms with Crippen LogP contribution in [0.5, 0.6) is 5.75 Å². The van der Waals surface area contributed by atoms with Crippen molar-refractivity contribution in [1.29, 1.82) is 0 Å². The van der Waals surface area contributed by atoms with E-state index in [1.807, 2.05) is 6.07 Å². The van der Waals surface area contributed by atoms with Crippen LogP contribution in [-0.4, -0.2) is 61.8 Å². The van der Waals surface area contributed by atoms with Crippen LogP contribution in [0.2, 0.25) is 18.1 Å². The predicted molar refractivity (Wildman–Crippen MR) is 116 cm³/mol. The van der Waals surface area contributed by atoms with E-state index >= 15 is 0 Å². The molecule has 0 aliphatic carbocycles. The molecular formula is C19H29N3O7SSi. The molecule has 2 fully saturated rings. The van der Waals surface area contributed by atoms with E-state index in [0.29, 0.717) is 29.3 Å². The Morgan fingerprint density at radius 3 is 2.48 bits per heavy atom. The van der Waals surface area contributed by atoms with Crippen molar-refractivity contribution in [3.8, 4) is 5.75 Å². The second-order valence-electron chi connectivity index (χ2n) is 9.36. The van der Waals surface area contributed by atoms with Gasteiger partial charge in [0.05, 0.1) is 11.7 Å². The summed E-state index contributed by atoms with van der Waals surface area (Å²) < 4.78 is 41.7. The summed E-state index contributed by atoms with van der Waals surface area (Å²) in [6.45, 7) is 10.7. The average Bonchev–Trinajstić information content (AvgIpc) is 2.85. The third-order valence-electron chi connectivity index (χ3n) is 6.12. The maximum Gasteiger partial charge on any atom is 0.418 e. The van der Waals surface area contributed by atoms with Gasteiger partial charge in [-0.25, -0.2) is 4.79 Å². The zero-order chi connectivity index (χ0) is 23.2. The number of para-hydroxylation sites is 2. The normalized spacial score (nSPS) is 21.9. The lowest BCUT2D eigenvalue weighted by molar-refractivity contribution is -0.120. The second kappa shape index (κ2) is 8.08. The minimum absolute atomic E-state index is 0.0268. The molecule has 3 amide bonds. The third-order valence-corrected chi connectivity index (χ3v) is 10.8. The SMILES string of the molecule is CC(C)(C)[Si](C)(C)Oc1ccccc1NC(=O)[C@@H]1CCC2CN1C(=O)N2OS(=O)(=O)O. The molecule has 2 heterocycles. The summed E-state index contributed by atoms with van der Waals surface area (Å²) in [6.07, 6.45) is 0.691. The Kier molecular flexibility index (Phi) is 6.13. The molecule has 1 aromatic rings. The predicted octanol–water partition coefficient (Wildman–Crippen LogP) is 3.01. The fourth-order valence-corrected chi connectivity index (χ4v) is 4.83. The van der Waals surface area contributed by atoms with E-state index in [4.69, 9.17) is 8.98 Å². The Hall–Kier alpha value is -2.15. The molecule has 0 radical (unpaired) electrons. The van der Waals surface area contributed by atoms with Gasteiger partial charge >= 0.3 is 16.4 Å². The fraction of sp³-hybridized carbons (Fsp3) is 0.579. The van der Waals surface area contributed by atoms with Crippen molar-refractivity contribution in [2.75, 3.05) is 11.9 Å². The number of hydrogen-bond donors (Lipinski definition) is 2. The molecule has 2 atom stereocenters. The molecule has 31 heavy (non-hydrogen) atoms. The number of anilines is 1. The van der Waals surface area contributed by atoms with Gasteiger partial charge in [-0.3, -0.25) is 9.35 Å². The van der Waals surface area contributed by atoms with Crippen LogP contribution in [0.15, 0.2) is 24.3 Å². The highest BCUT2D eigenvalue weighted by molar-refractivity contribution is 7.80. The second-order valence-corrected chi connectivity index (χ2v) is 15.1. The number of amides is 3. The van der Waals surface area contributed by atoms with Crippen LogP contribution in [0.1, 0.15) is 33.6 Å². The van der Waals surface area contributed by atoms with Gasteiger partial charge in [0.1, 0.15) is 11.8 Å². The first kappa shape index (κ1) is 23.5. The molecule has 10 nitrogen and oxygen atoms in total. The maximum absolute atomic E-state index is 13.0. The van der Waals surface area contributed by atoms with Crippen LogP contribution in [0.3, 0.4) is 0 Å². The van der Waals surface area contributed by atoms with E-state index in [9.17, 15) is 18.0 Å². The number of carbonyl (C=O) groups excluding carboxylic acids is 2. The Morgan fingerprint density at radius 2 is 1.87 bits per heavy atom. The topological polar surface area (TPSA) is 125 Å². The summed E-state index contributed by atoms with van der Waals surface area (Å²) in [5, 5.41) is 3.45. The Labute approximate surface area is 183 Å². The third kappa shape index (κ3) is 5.02. The van der Waals surface area contributed by atoms with Crippen molar-refractivity contribution in [2.45, 2.75) is 63.8 Å². The van der Waals surface area contributed by atoms with Gasteiger partial charge in [0, 0.05) is 6.54 Å². The minimum atomic E-state index is -4.84. The Bertz CT molecular complexity index is 977. The first-order chi connectivity index (χ1) is 14.2. The van der Waals surface area contributed by atoms with Crippen molar-refractivity contribution >= 4 is 36.3 Å². The minimum Gasteiger partial charge on any atom is -0.542 e. The molecule has 0 saturated carbocycles. The zero-order valence-electron chi connectivity index (χ0n) is 18.3. The van der Waals surface area contributed by atoms with E-state index < -0.39 is 42.7 Å². The lowest BCUT2D eigenvalue weighted by Crippen LogP contribution is -2.47. The van der Waals surface area contributed by atoms with E-state index in [2.05, 4.69) is 43.5 Å². The van der Waals surface area contributed by atoms with Crippen molar-refractivity contribution in [3.05, 3.63) is 24.3 Å². The van der Waals surface area contributed by atoms with Gasteiger partial charge in [0.25, 0.3) is 8.32 Å². The molecule has 2 aliphatic rings. The van der Waals surface area contributed by atoms with Gasteiger partial charge < -0.3 is 14.6 Å². The molecule has 1 aromatic carbocycles. The molecule has 2 N–H and O–H groups in total. The van der Waals surface area contributed by atoms with E-state index in [1.165, 1.54) is 4.90 Å². The number of urea groups is 1. The molecule has 2 saturated heterocycles. The number of hydrogen-bond acceptors (Lipinski definition) is 6. The quantitative estimate of drug-likeness (QED) is 0.482. The first-order valence-corrected chi connectivity index (χ1v) is 14.3. The van der Waals surface area contributed by atoms with E-state index in [-0.39, 0.29) is 11.6 Å². The monoisotopic (exact) mass is 471 g/mol. The standard InChI is InChI=1S/C19H29N3O7SSi/c1-19(2,3)31(4,5)28-16-9-7-6-8-14(16)20-17(23)15-11-10-13-12-21(15)18(24)22(13)29-30(25,26)27/h6-9,13,15H,10-12H2,1-5H3,(H,20,23)(H,25,26,27)/t13?,15-/m0/s1. The van der Waals surface area contributed by atoms with E-state index in [1.54, 1.807) is 18.2 Å². The molecule has 2 aliphatic heterocycles. The van der Waals surface area contributed by atoms with Gasteiger partial charge in [-0.05, 0) is 43.1 Å². The Morgan fingerprint density at radius 1 is 1.23 bits per heavy atom. The number of piperidine rings is 1. The van der Waals surface area contributed by atoms with Crippen molar-refractivity contribution in [1.82, 2.24) is 9.96 Å². The van der Waals surface area contributed by atoms with Crippen LogP contribution in [0, 0.1) is 0 Å². The van der Waals surface area contributed by atoms with E-state index in [0.717, 1.165) is 0 Å².